The molecular weight excluding hydrogens is 322 g/mol. The van der Waals surface area contributed by atoms with E-state index in [4.69, 9.17) is 9.47 Å². The average Bonchev–Trinajstić information content (AvgIpc) is 3.33. The molecule has 0 spiro atoms. The summed E-state index contributed by atoms with van der Waals surface area (Å²) in [5.41, 5.74) is 0. The molecule has 25 heavy (non-hydrogen) atoms. The number of hydrogen-bond acceptors (Lipinski definition) is 6. The molecule has 2 atom stereocenters. The molecule has 2 aliphatic rings. The molecule has 0 unspecified atom stereocenters. The summed E-state index contributed by atoms with van der Waals surface area (Å²) in [5.74, 6) is 0.562. The van der Waals surface area contributed by atoms with Gasteiger partial charge in [-0.05, 0) is 31.7 Å². The van der Waals surface area contributed by atoms with Crippen LogP contribution in [0.15, 0.2) is 18.5 Å². The second kappa shape index (κ2) is 9.53. The number of rotatable bonds is 8. The Morgan fingerprint density at radius 3 is 2.28 bits per heavy atom. The third kappa shape index (κ3) is 5.82. The predicted molar refractivity (Wildman–Crippen MR) is 93.4 cm³/mol. The average molecular weight is 349 g/mol. The minimum absolute atomic E-state index is 0.0678. The number of aromatic nitrogens is 2. The van der Waals surface area contributed by atoms with Crippen molar-refractivity contribution >= 4 is 12.0 Å². The van der Waals surface area contributed by atoms with E-state index in [1.165, 1.54) is 0 Å². The van der Waals surface area contributed by atoms with Gasteiger partial charge >= 0.3 is 6.03 Å². The molecule has 3 rings (SSSR count). The summed E-state index contributed by atoms with van der Waals surface area (Å²) in [6, 6.07) is 1.70. The highest BCUT2D eigenvalue weighted by Crippen LogP contribution is 2.17. The third-order valence-corrected chi connectivity index (χ3v) is 4.43. The van der Waals surface area contributed by atoms with Crippen molar-refractivity contribution in [3.63, 3.8) is 0 Å². The highest BCUT2D eigenvalue weighted by Gasteiger charge is 2.26. The Kier molecular flexibility index (Phi) is 6.81. The van der Waals surface area contributed by atoms with E-state index in [2.05, 4.69) is 20.6 Å². The molecule has 2 N–H and O–H groups in total. The Labute approximate surface area is 148 Å². The fourth-order valence-electron chi connectivity index (χ4n) is 3.15. The zero-order valence-corrected chi connectivity index (χ0v) is 14.5. The Morgan fingerprint density at radius 1 is 1.08 bits per heavy atom. The lowest BCUT2D eigenvalue weighted by molar-refractivity contribution is 0.0499. The quantitative estimate of drug-likeness (QED) is 0.687. The van der Waals surface area contributed by atoms with Crippen LogP contribution in [0.25, 0.3) is 0 Å². The number of nitrogens with one attached hydrogen (secondary N) is 2. The lowest BCUT2D eigenvalue weighted by atomic mass is 10.2. The molecule has 2 amide bonds. The van der Waals surface area contributed by atoms with Crippen molar-refractivity contribution in [2.75, 3.05) is 44.7 Å². The van der Waals surface area contributed by atoms with Crippen LogP contribution in [-0.4, -0.2) is 72.5 Å². The Hall–Kier alpha value is -1.93. The molecule has 2 fully saturated rings. The SMILES string of the molecule is O=C(NCCNc1ncccn1)N(C[C@@H]1CCCO1)C[C@@H]1CCCO1. The van der Waals surface area contributed by atoms with E-state index in [-0.39, 0.29) is 18.2 Å². The van der Waals surface area contributed by atoms with E-state index in [0.29, 0.717) is 32.1 Å². The molecule has 1 aromatic heterocycles. The van der Waals surface area contributed by atoms with E-state index in [0.717, 1.165) is 38.9 Å². The topological polar surface area (TPSA) is 88.6 Å². The third-order valence-electron chi connectivity index (χ3n) is 4.43. The summed E-state index contributed by atoms with van der Waals surface area (Å²) in [6.45, 7) is 3.91. The molecule has 2 aliphatic heterocycles. The van der Waals surface area contributed by atoms with Crippen molar-refractivity contribution in [3.05, 3.63) is 18.5 Å². The van der Waals surface area contributed by atoms with Crippen LogP contribution in [0, 0.1) is 0 Å². The van der Waals surface area contributed by atoms with Crippen LogP contribution in [0.1, 0.15) is 25.7 Å². The van der Waals surface area contributed by atoms with Gasteiger partial charge in [0.25, 0.3) is 0 Å². The number of hydrogen-bond donors (Lipinski definition) is 2. The Balaban J connectivity index is 1.43. The number of carbonyl (C=O) groups is 1. The van der Waals surface area contributed by atoms with Gasteiger partial charge in [0, 0.05) is 51.8 Å². The van der Waals surface area contributed by atoms with Crippen molar-refractivity contribution in [2.45, 2.75) is 37.9 Å². The van der Waals surface area contributed by atoms with Gasteiger partial charge in [-0.1, -0.05) is 0 Å². The first kappa shape index (κ1) is 17.9. The summed E-state index contributed by atoms with van der Waals surface area (Å²) < 4.78 is 11.4. The zero-order valence-electron chi connectivity index (χ0n) is 14.5. The fourth-order valence-corrected chi connectivity index (χ4v) is 3.15. The number of anilines is 1. The van der Waals surface area contributed by atoms with E-state index in [1.807, 2.05) is 4.90 Å². The molecule has 0 aliphatic carbocycles. The molecule has 1 aromatic rings. The summed E-state index contributed by atoms with van der Waals surface area (Å²) >= 11 is 0. The highest BCUT2D eigenvalue weighted by molar-refractivity contribution is 5.74. The Bertz CT molecular complexity index is 500. The monoisotopic (exact) mass is 349 g/mol. The maximum atomic E-state index is 12.6. The second-order valence-corrected chi connectivity index (χ2v) is 6.41. The number of urea groups is 1. The molecule has 0 radical (unpaired) electrons. The molecule has 0 bridgehead atoms. The van der Waals surface area contributed by atoms with Gasteiger partial charge in [-0.3, -0.25) is 0 Å². The first-order valence-electron chi connectivity index (χ1n) is 9.08. The van der Waals surface area contributed by atoms with Crippen molar-refractivity contribution in [2.24, 2.45) is 0 Å². The van der Waals surface area contributed by atoms with Crippen molar-refractivity contribution in [3.8, 4) is 0 Å². The van der Waals surface area contributed by atoms with Gasteiger partial charge in [0.05, 0.1) is 12.2 Å². The van der Waals surface area contributed by atoms with E-state index >= 15 is 0 Å². The van der Waals surface area contributed by atoms with Gasteiger partial charge in [0.2, 0.25) is 5.95 Å². The van der Waals surface area contributed by atoms with Gasteiger partial charge in [0.1, 0.15) is 0 Å². The van der Waals surface area contributed by atoms with Crippen molar-refractivity contribution in [1.82, 2.24) is 20.2 Å². The predicted octanol–water partition coefficient (Wildman–Crippen LogP) is 1.26. The van der Waals surface area contributed by atoms with Gasteiger partial charge in [-0.2, -0.15) is 0 Å². The Morgan fingerprint density at radius 2 is 1.72 bits per heavy atom. The number of ether oxygens (including phenoxy) is 2. The lowest BCUT2D eigenvalue weighted by Gasteiger charge is -2.28. The van der Waals surface area contributed by atoms with Crippen LogP contribution >= 0.6 is 0 Å². The van der Waals surface area contributed by atoms with Crippen LogP contribution in [0.3, 0.4) is 0 Å². The zero-order chi connectivity index (χ0) is 17.3. The first-order valence-corrected chi connectivity index (χ1v) is 9.08. The highest BCUT2D eigenvalue weighted by atomic mass is 16.5. The normalized spacial score (nSPS) is 22.7. The van der Waals surface area contributed by atoms with Gasteiger partial charge in [0.15, 0.2) is 0 Å². The first-order chi connectivity index (χ1) is 12.3. The minimum atomic E-state index is -0.0678. The van der Waals surface area contributed by atoms with Crippen molar-refractivity contribution in [1.29, 1.82) is 0 Å². The molecule has 0 saturated carbocycles. The molecule has 3 heterocycles. The summed E-state index contributed by atoms with van der Waals surface area (Å²) in [7, 11) is 0. The number of nitrogens with zero attached hydrogens (tertiary/aromatic N) is 3. The summed E-state index contributed by atoms with van der Waals surface area (Å²) in [6.07, 6.45) is 7.82. The van der Waals surface area contributed by atoms with Gasteiger partial charge < -0.3 is 25.0 Å². The fraction of sp³-hybridized carbons (Fsp3) is 0.706. The standard InChI is InChI=1S/C17H27N5O3/c23-17(21-9-8-20-16-18-6-3-7-19-16)22(12-14-4-1-10-24-14)13-15-5-2-11-25-15/h3,6-7,14-15H,1-2,4-5,8-13H2,(H,21,23)(H,18,19,20)/t14-,15-/m0/s1. The summed E-state index contributed by atoms with van der Waals surface area (Å²) in [5, 5.41) is 6.04. The van der Waals surface area contributed by atoms with Crippen LogP contribution in [-0.2, 0) is 9.47 Å². The minimum Gasteiger partial charge on any atom is -0.376 e. The van der Waals surface area contributed by atoms with E-state index in [1.54, 1.807) is 18.5 Å². The van der Waals surface area contributed by atoms with Crippen LogP contribution in [0.2, 0.25) is 0 Å². The molecule has 2 saturated heterocycles. The maximum Gasteiger partial charge on any atom is 0.317 e. The van der Waals surface area contributed by atoms with E-state index < -0.39 is 0 Å². The second-order valence-electron chi connectivity index (χ2n) is 6.41. The van der Waals surface area contributed by atoms with Gasteiger partial charge in [-0.15, -0.1) is 0 Å². The van der Waals surface area contributed by atoms with Crippen LogP contribution < -0.4 is 10.6 Å². The van der Waals surface area contributed by atoms with Crippen LogP contribution in [0.4, 0.5) is 10.7 Å². The maximum absolute atomic E-state index is 12.6. The van der Waals surface area contributed by atoms with Crippen LogP contribution in [0.5, 0.6) is 0 Å². The van der Waals surface area contributed by atoms with Gasteiger partial charge in [-0.25, -0.2) is 14.8 Å². The molecule has 8 nitrogen and oxygen atoms in total. The molecule has 138 valence electrons. The summed E-state index contributed by atoms with van der Waals surface area (Å²) in [4.78, 5) is 22.6. The molecule has 0 aromatic carbocycles. The lowest BCUT2D eigenvalue weighted by Crippen LogP contribution is -2.47. The molecular formula is C17H27N5O3. The largest absolute Gasteiger partial charge is 0.376 e. The van der Waals surface area contributed by atoms with E-state index in [9.17, 15) is 4.79 Å². The van der Waals surface area contributed by atoms with Crippen molar-refractivity contribution < 1.29 is 14.3 Å². The smallest absolute Gasteiger partial charge is 0.317 e. The molecule has 8 heteroatoms. The number of amides is 2. The number of carbonyl (C=O) groups excluding carboxylic acids is 1.